The Balaban J connectivity index is 1.75. The van der Waals surface area contributed by atoms with Gasteiger partial charge in [0.15, 0.2) is 0 Å². The summed E-state index contributed by atoms with van der Waals surface area (Å²) in [5, 5.41) is 2.91. The van der Waals surface area contributed by atoms with Crippen LogP contribution in [-0.4, -0.2) is 63.7 Å². The van der Waals surface area contributed by atoms with Gasteiger partial charge in [0.05, 0.1) is 5.75 Å². The number of rotatable bonds is 4. The molecule has 1 atom stereocenters. The average Bonchev–Trinajstić information content (AvgIpc) is 2.46. The first-order valence-corrected chi connectivity index (χ1v) is 10.2. The van der Waals surface area contributed by atoms with Gasteiger partial charge in [-0.3, -0.25) is 0 Å². The Hall–Kier alpha value is -0.820. The Labute approximate surface area is 133 Å². The van der Waals surface area contributed by atoms with Gasteiger partial charge in [-0.15, -0.1) is 0 Å². The number of hydrogen-bond acceptors (Lipinski definition) is 4. The Kier molecular flexibility index (Phi) is 5.71. The summed E-state index contributed by atoms with van der Waals surface area (Å²) < 4.78 is 27.8. The molecule has 0 aromatic heterocycles. The van der Waals surface area contributed by atoms with E-state index in [9.17, 15) is 13.2 Å². The van der Waals surface area contributed by atoms with Crippen LogP contribution in [0.1, 0.15) is 39.0 Å². The van der Waals surface area contributed by atoms with Crippen molar-refractivity contribution in [2.75, 3.05) is 38.3 Å². The lowest BCUT2D eigenvalue weighted by Crippen LogP contribution is -2.50. The Morgan fingerprint density at radius 2 is 1.82 bits per heavy atom. The maximum absolute atomic E-state index is 12.2. The molecular weight excluding hydrogens is 304 g/mol. The van der Waals surface area contributed by atoms with Crippen molar-refractivity contribution in [3.05, 3.63) is 0 Å². The van der Waals surface area contributed by atoms with Crippen LogP contribution in [-0.2, 0) is 14.6 Å². The molecule has 1 spiro atoms. The second-order valence-electron chi connectivity index (χ2n) is 6.87. The minimum atomic E-state index is -2.98. The fraction of sp³-hybridized carbons (Fsp3) is 0.933. The molecule has 2 rings (SSSR count). The van der Waals surface area contributed by atoms with Crippen molar-refractivity contribution in [3.63, 3.8) is 0 Å². The molecule has 128 valence electrons. The quantitative estimate of drug-likeness (QED) is 0.844. The minimum absolute atomic E-state index is 0.0667. The molecule has 2 heterocycles. The molecule has 2 amide bonds. The first-order valence-electron chi connectivity index (χ1n) is 8.11. The fourth-order valence-corrected chi connectivity index (χ4v) is 4.04. The first-order chi connectivity index (χ1) is 10.3. The zero-order chi connectivity index (χ0) is 16.2. The number of urea groups is 1. The topological polar surface area (TPSA) is 75.7 Å². The molecule has 0 unspecified atom stereocenters. The van der Waals surface area contributed by atoms with E-state index in [0.29, 0.717) is 11.8 Å². The van der Waals surface area contributed by atoms with Crippen molar-refractivity contribution in [2.24, 2.45) is 5.41 Å². The van der Waals surface area contributed by atoms with Gasteiger partial charge in [0.1, 0.15) is 9.84 Å². The number of nitrogens with one attached hydrogen (secondary N) is 1. The molecular formula is C15H28N2O4S. The van der Waals surface area contributed by atoms with Gasteiger partial charge < -0.3 is 15.0 Å². The number of likely N-dealkylation sites (tertiary alicyclic amines) is 1. The minimum Gasteiger partial charge on any atom is -0.381 e. The molecule has 2 saturated heterocycles. The third-order valence-corrected chi connectivity index (χ3v) is 5.93. The number of carbonyl (C=O) groups is 1. The molecule has 7 heteroatoms. The van der Waals surface area contributed by atoms with Crippen molar-refractivity contribution >= 4 is 15.9 Å². The second-order valence-corrected chi connectivity index (χ2v) is 9.13. The van der Waals surface area contributed by atoms with E-state index in [1.165, 1.54) is 6.26 Å². The van der Waals surface area contributed by atoms with Crippen LogP contribution >= 0.6 is 0 Å². The van der Waals surface area contributed by atoms with Crippen molar-refractivity contribution in [3.8, 4) is 0 Å². The zero-order valence-electron chi connectivity index (χ0n) is 13.6. The van der Waals surface area contributed by atoms with Gasteiger partial charge in [-0.1, -0.05) is 0 Å². The van der Waals surface area contributed by atoms with Gasteiger partial charge in [-0.2, -0.15) is 0 Å². The van der Waals surface area contributed by atoms with Crippen molar-refractivity contribution in [1.29, 1.82) is 0 Å². The maximum atomic E-state index is 12.2. The predicted molar refractivity (Wildman–Crippen MR) is 85.6 cm³/mol. The second kappa shape index (κ2) is 7.17. The summed E-state index contributed by atoms with van der Waals surface area (Å²) in [5.41, 5.74) is 0.372. The number of amides is 2. The molecule has 1 N–H and O–H groups in total. The van der Waals surface area contributed by atoms with Gasteiger partial charge in [-0.05, 0) is 44.4 Å². The van der Waals surface area contributed by atoms with Crippen LogP contribution in [0, 0.1) is 5.41 Å². The Bertz CT molecular complexity index is 476. The molecule has 2 aliphatic heterocycles. The molecule has 0 aromatic rings. The first kappa shape index (κ1) is 17.5. The third kappa shape index (κ3) is 5.12. The van der Waals surface area contributed by atoms with Crippen LogP contribution in [0.5, 0.6) is 0 Å². The zero-order valence-corrected chi connectivity index (χ0v) is 14.5. The highest BCUT2D eigenvalue weighted by Gasteiger charge is 2.37. The van der Waals surface area contributed by atoms with Gasteiger partial charge in [0, 0.05) is 38.6 Å². The van der Waals surface area contributed by atoms with Gasteiger partial charge in [0.25, 0.3) is 0 Å². The van der Waals surface area contributed by atoms with E-state index in [1.807, 2.05) is 11.8 Å². The smallest absolute Gasteiger partial charge is 0.317 e. The Morgan fingerprint density at radius 1 is 1.23 bits per heavy atom. The highest BCUT2D eigenvalue weighted by Crippen LogP contribution is 2.40. The van der Waals surface area contributed by atoms with E-state index in [-0.39, 0.29) is 17.8 Å². The SMILES string of the molecule is C[C@H](CCS(C)(=O)=O)NC(=O)N1CCC2(CCOCC2)CC1. The van der Waals surface area contributed by atoms with Gasteiger partial charge >= 0.3 is 6.03 Å². The summed E-state index contributed by atoms with van der Waals surface area (Å²) in [4.78, 5) is 14.1. The Morgan fingerprint density at radius 3 is 2.36 bits per heavy atom. The standard InChI is InChI=1S/C15H28N2O4S/c1-13(3-12-22(2,19)20)16-14(18)17-8-4-15(5-9-17)6-10-21-11-7-15/h13H,3-12H2,1-2H3,(H,16,18)/t13-/m1/s1. The van der Waals surface area contributed by atoms with Crippen LogP contribution in [0.2, 0.25) is 0 Å². The van der Waals surface area contributed by atoms with Crippen molar-refractivity contribution < 1.29 is 17.9 Å². The summed E-state index contributed by atoms with van der Waals surface area (Å²) in [7, 11) is -2.98. The van der Waals surface area contributed by atoms with Crippen LogP contribution < -0.4 is 5.32 Å². The van der Waals surface area contributed by atoms with E-state index >= 15 is 0 Å². The summed E-state index contributed by atoms with van der Waals surface area (Å²) in [6.45, 7) is 5.10. The predicted octanol–water partition coefficient (Wildman–Crippen LogP) is 1.41. The highest BCUT2D eigenvalue weighted by molar-refractivity contribution is 7.90. The van der Waals surface area contributed by atoms with E-state index < -0.39 is 9.84 Å². The molecule has 0 aromatic carbocycles. The average molecular weight is 332 g/mol. The van der Waals surface area contributed by atoms with E-state index in [4.69, 9.17) is 4.74 Å². The lowest BCUT2D eigenvalue weighted by Gasteiger charge is -2.44. The highest BCUT2D eigenvalue weighted by atomic mass is 32.2. The fourth-order valence-electron chi connectivity index (χ4n) is 3.25. The van der Waals surface area contributed by atoms with Crippen LogP contribution in [0.4, 0.5) is 4.79 Å². The number of carbonyl (C=O) groups excluding carboxylic acids is 1. The molecule has 0 bridgehead atoms. The number of nitrogens with zero attached hydrogens (tertiary/aromatic N) is 1. The number of hydrogen-bond donors (Lipinski definition) is 1. The molecule has 0 saturated carbocycles. The van der Waals surface area contributed by atoms with E-state index in [2.05, 4.69) is 5.32 Å². The molecule has 2 aliphatic rings. The van der Waals surface area contributed by atoms with Crippen molar-refractivity contribution in [1.82, 2.24) is 10.2 Å². The molecule has 2 fully saturated rings. The van der Waals surface area contributed by atoms with Crippen LogP contribution in [0.25, 0.3) is 0 Å². The van der Waals surface area contributed by atoms with Gasteiger partial charge in [-0.25, -0.2) is 13.2 Å². The summed E-state index contributed by atoms with van der Waals surface area (Å²) in [6.07, 6.45) is 5.97. The molecule has 6 nitrogen and oxygen atoms in total. The monoisotopic (exact) mass is 332 g/mol. The molecule has 22 heavy (non-hydrogen) atoms. The van der Waals surface area contributed by atoms with Gasteiger partial charge in [0.2, 0.25) is 0 Å². The molecule has 0 aliphatic carbocycles. The van der Waals surface area contributed by atoms with Crippen molar-refractivity contribution in [2.45, 2.75) is 45.1 Å². The summed E-state index contributed by atoms with van der Waals surface area (Å²) in [5.74, 6) is 0.109. The summed E-state index contributed by atoms with van der Waals surface area (Å²) in [6, 6.07) is -0.191. The van der Waals surface area contributed by atoms with Crippen LogP contribution in [0.3, 0.4) is 0 Å². The summed E-state index contributed by atoms with van der Waals surface area (Å²) >= 11 is 0. The lowest BCUT2D eigenvalue weighted by molar-refractivity contribution is -0.0146. The third-order valence-electron chi connectivity index (χ3n) is 4.96. The number of ether oxygens (including phenoxy) is 1. The lowest BCUT2D eigenvalue weighted by atomic mass is 9.72. The number of sulfone groups is 1. The largest absolute Gasteiger partial charge is 0.381 e. The van der Waals surface area contributed by atoms with E-state index in [0.717, 1.165) is 52.0 Å². The van der Waals surface area contributed by atoms with Crippen LogP contribution in [0.15, 0.2) is 0 Å². The van der Waals surface area contributed by atoms with E-state index in [1.54, 1.807) is 0 Å². The normalized spacial score (nSPS) is 23.3. The maximum Gasteiger partial charge on any atom is 0.317 e. The number of piperidine rings is 1. The molecule has 0 radical (unpaired) electrons.